The molecular weight excluding hydrogens is 260 g/mol. The number of hydrogen-bond donors (Lipinski definition) is 3. The molecule has 2 aromatic rings. The van der Waals surface area contributed by atoms with Gasteiger partial charge in [0.15, 0.2) is 5.78 Å². The van der Waals surface area contributed by atoms with Gasteiger partial charge in [0, 0.05) is 12.1 Å². The van der Waals surface area contributed by atoms with Gasteiger partial charge in [0.1, 0.15) is 34.7 Å². The molecule has 0 saturated carbocycles. The second kappa shape index (κ2) is 4.45. The first-order chi connectivity index (χ1) is 11.2. The SMILES string of the molecule is [2H]c1cc([C@@H]2CC(=O)c3c(O)c([2H])c(O)c([2H])c3O2)cc([2H])c1O. The first-order valence-electron chi connectivity index (χ1n) is 7.77. The summed E-state index contributed by atoms with van der Waals surface area (Å²) in [4.78, 5) is 12.3. The van der Waals surface area contributed by atoms with Crippen molar-refractivity contribution in [1.82, 2.24) is 0 Å². The molecule has 102 valence electrons. The van der Waals surface area contributed by atoms with Gasteiger partial charge in [-0.05, 0) is 17.6 Å². The molecule has 0 aliphatic carbocycles. The average Bonchev–Trinajstić information content (AvgIpc) is 2.54. The number of carbonyl (C=O) groups excluding carboxylic acids is 1. The Morgan fingerprint density at radius 1 is 1.15 bits per heavy atom. The molecule has 0 aromatic heterocycles. The maximum absolute atomic E-state index is 12.3. The number of hydrogen-bond acceptors (Lipinski definition) is 5. The average molecular weight is 276 g/mol. The van der Waals surface area contributed by atoms with Gasteiger partial charge in [-0.25, -0.2) is 0 Å². The van der Waals surface area contributed by atoms with Gasteiger partial charge in [0.2, 0.25) is 0 Å². The van der Waals surface area contributed by atoms with Crippen molar-refractivity contribution in [3.8, 4) is 23.0 Å². The molecule has 2 aromatic carbocycles. The smallest absolute Gasteiger partial charge is 0.174 e. The van der Waals surface area contributed by atoms with E-state index in [0.29, 0.717) is 0 Å². The lowest BCUT2D eigenvalue weighted by Gasteiger charge is -2.26. The van der Waals surface area contributed by atoms with Crippen LogP contribution in [-0.2, 0) is 0 Å². The molecule has 5 nitrogen and oxygen atoms in total. The Hall–Kier alpha value is -2.69. The number of rotatable bonds is 1. The van der Waals surface area contributed by atoms with Gasteiger partial charge in [0.25, 0.3) is 0 Å². The Kier molecular flexibility index (Phi) is 1.89. The predicted molar refractivity (Wildman–Crippen MR) is 70.2 cm³/mol. The Labute approximate surface area is 120 Å². The van der Waals surface area contributed by atoms with Crippen LogP contribution in [0.4, 0.5) is 0 Å². The largest absolute Gasteiger partial charge is 0.508 e. The minimum atomic E-state index is -0.946. The van der Waals surface area contributed by atoms with Crippen molar-refractivity contribution in [2.24, 2.45) is 0 Å². The molecule has 0 amide bonds. The van der Waals surface area contributed by atoms with Crippen LogP contribution in [0.3, 0.4) is 0 Å². The summed E-state index contributed by atoms with van der Waals surface area (Å²) in [7, 11) is 0. The summed E-state index contributed by atoms with van der Waals surface area (Å²) in [6, 6.07) is 0.537. The van der Waals surface area contributed by atoms with Crippen LogP contribution >= 0.6 is 0 Å². The normalized spacial score (nSPS) is 20.2. The highest BCUT2D eigenvalue weighted by Gasteiger charge is 2.30. The third kappa shape index (κ3) is 2.03. The van der Waals surface area contributed by atoms with E-state index in [1.54, 1.807) is 0 Å². The first-order valence-corrected chi connectivity index (χ1v) is 5.77. The van der Waals surface area contributed by atoms with Crippen molar-refractivity contribution < 1.29 is 30.3 Å². The van der Waals surface area contributed by atoms with E-state index in [4.69, 9.17) is 10.2 Å². The molecular formula is C15H12O5. The summed E-state index contributed by atoms with van der Waals surface area (Å²) >= 11 is 0. The van der Waals surface area contributed by atoms with Gasteiger partial charge >= 0.3 is 0 Å². The maximum atomic E-state index is 12.3. The number of phenolic OH excluding ortho intramolecular Hbond substituents is 3. The third-order valence-corrected chi connectivity index (χ3v) is 2.97. The van der Waals surface area contributed by atoms with Crippen LogP contribution < -0.4 is 4.74 Å². The number of aromatic hydroxyl groups is 3. The second-order valence-corrected chi connectivity index (χ2v) is 4.31. The number of phenols is 3. The summed E-state index contributed by atoms with van der Waals surface area (Å²) < 4.78 is 36.0. The van der Waals surface area contributed by atoms with Crippen molar-refractivity contribution in [2.45, 2.75) is 12.5 Å². The lowest BCUT2D eigenvalue weighted by molar-refractivity contribution is 0.0845. The van der Waals surface area contributed by atoms with E-state index >= 15 is 0 Å². The van der Waals surface area contributed by atoms with E-state index in [2.05, 4.69) is 0 Å². The van der Waals surface area contributed by atoms with E-state index in [1.807, 2.05) is 0 Å². The van der Waals surface area contributed by atoms with Gasteiger partial charge in [-0.15, -0.1) is 0 Å². The number of benzene rings is 2. The molecule has 0 unspecified atom stereocenters. The van der Waals surface area contributed by atoms with E-state index in [1.165, 1.54) is 12.1 Å². The monoisotopic (exact) mass is 276 g/mol. The van der Waals surface area contributed by atoms with Crippen LogP contribution in [0.15, 0.2) is 36.3 Å². The molecule has 3 N–H and O–H groups in total. The Balaban J connectivity index is 2.12. The third-order valence-electron chi connectivity index (χ3n) is 2.97. The topological polar surface area (TPSA) is 87.0 Å². The van der Waals surface area contributed by atoms with Crippen molar-refractivity contribution >= 4 is 5.78 Å². The van der Waals surface area contributed by atoms with Crippen molar-refractivity contribution in [2.75, 3.05) is 0 Å². The standard InChI is InChI=1S/C15H12O5/c16-9-3-1-8(2-4-9)13-7-12(19)15-11(18)5-10(17)6-14(15)20-13/h1-6,13,16-18H,7H2/t13-/m0/s1/i3D,4D,5D,6D. The van der Waals surface area contributed by atoms with Gasteiger partial charge in [0.05, 0.1) is 11.9 Å². The van der Waals surface area contributed by atoms with E-state index in [9.17, 15) is 20.1 Å². The van der Waals surface area contributed by atoms with Crippen LogP contribution in [0.2, 0.25) is 0 Å². The molecule has 1 heterocycles. The Morgan fingerprint density at radius 3 is 2.55 bits per heavy atom. The fourth-order valence-electron chi connectivity index (χ4n) is 2.04. The molecule has 3 rings (SSSR count). The van der Waals surface area contributed by atoms with Crippen molar-refractivity contribution in [3.05, 3.63) is 47.4 Å². The minimum Gasteiger partial charge on any atom is -0.508 e. The second-order valence-electron chi connectivity index (χ2n) is 4.31. The van der Waals surface area contributed by atoms with E-state index < -0.39 is 41.2 Å². The van der Waals surface area contributed by atoms with Gasteiger partial charge in [-0.2, -0.15) is 0 Å². The van der Waals surface area contributed by atoms with Gasteiger partial charge in [-0.3, -0.25) is 4.79 Å². The van der Waals surface area contributed by atoms with Crippen molar-refractivity contribution in [3.63, 3.8) is 0 Å². The maximum Gasteiger partial charge on any atom is 0.174 e. The molecule has 1 atom stereocenters. The number of fused-ring (bicyclic) bond motifs is 1. The fourth-order valence-corrected chi connectivity index (χ4v) is 2.04. The number of ketones is 1. The lowest BCUT2D eigenvalue weighted by Crippen LogP contribution is -2.20. The molecule has 0 bridgehead atoms. The zero-order valence-corrected chi connectivity index (χ0v) is 10.1. The summed E-state index contributed by atoms with van der Waals surface area (Å²) in [6.45, 7) is 0. The lowest BCUT2D eigenvalue weighted by atomic mass is 9.95. The van der Waals surface area contributed by atoms with E-state index in [0.717, 1.165) is 0 Å². The Morgan fingerprint density at radius 2 is 1.85 bits per heavy atom. The number of carbonyl (C=O) groups is 1. The molecule has 5 heteroatoms. The quantitative estimate of drug-likeness (QED) is 0.745. The minimum absolute atomic E-state index is 0.242. The highest BCUT2D eigenvalue weighted by atomic mass is 16.5. The molecule has 0 fully saturated rings. The summed E-state index contributed by atoms with van der Waals surface area (Å²) in [5.41, 5.74) is -0.0647. The van der Waals surface area contributed by atoms with Crippen LogP contribution in [0.25, 0.3) is 0 Å². The van der Waals surface area contributed by atoms with Crippen LogP contribution in [-0.4, -0.2) is 21.1 Å². The molecule has 20 heavy (non-hydrogen) atoms. The molecule has 0 radical (unpaired) electrons. The predicted octanol–water partition coefficient (Wildman–Crippen LogP) is 2.51. The van der Waals surface area contributed by atoms with Crippen LogP contribution in [0.1, 0.15) is 33.9 Å². The number of ether oxygens (including phenoxy) is 1. The Bertz CT molecular complexity index is 858. The molecule has 1 aliphatic heterocycles. The zero-order chi connectivity index (χ0) is 17.8. The molecule has 1 aliphatic rings. The van der Waals surface area contributed by atoms with Gasteiger partial charge in [-0.1, -0.05) is 12.1 Å². The summed E-state index contributed by atoms with van der Waals surface area (Å²) in [5.74, 6) is -3.01. The van der Waals surface area contributed by atoms with E-state index in [-0.39, 0.29) is 35.4 Å². The highest BCUT2D eigenvalue weighted by molar-refractivity contribution is 6.02. The van der Waals surface area contributed by atoms with Crippen LogP contribution in [0.5, 0.6) is 23.0 Å². The summed E-state index contributed by atoms with van der Waals surface area (Å²) in [6.07, 6.45) is -1.19. The first kappa shape index (κ1) is 8.47. The highest BCUT2D eigenvalue weighted by Crippen LogP contribution is 2.41. The summed E-state index contributed by atoms with van der Waals surface area (Å²) in [5, 5.41) is 29.1. The van der Waals surface area contributed by atoms with Crippen molar-refractivity contribution in [1.29, 1.82) is 0 Å². The molecule has 0 saturated heterocycles. The number of Topliss-reactive ketones (excluding diaryl/α,β-unsaturated/α-hetero) is 1. The van der Waals surface area contributed by atoms with Crippen LogP contribution in [0, 0.1) is 0 Å². The molecule has 0 spiro atoms. The fraction of sp³-hybridized carbons (Fsp3) is 0.133. The van der Waals surface area contributed by atoms with Gasteiger partial charge < -0.3 is 20.1 Å². The zero-order valence-electron chi connectivity index (χ0n) is 14.1.